The lowest BCUT2D eigenvalue weighted by molar-refractivity contribution is 0.572. The zero-order valence-corrected chi connectivity index (χ0v) is 6.76. The van der Waals surface area contributed by atoms with Crippen LogP contribution in [-0.4, -0.2) is 9.97 Å². The second-order valence-corrected chi connectivity index (χ2v) is 3.15. The van der Waals surface area contributed by atoms with Gasteiger partial charge in [-0.05, 0) is 6.92 Å². The lowest BCUT2D eigenvalue weighted by atomic mass is 10.5. The summed E-state index contributed by atoms with van der Waals surface area (Å²) in [5.74, 6) is 0.592. The zero-order chi connectivity index (χ0) is 7.68. The van der Waals surface area contributed by atoms with Crippen LogP contribution in [0.2, 0.25) is 0 Å². The molecule has 4 heteroatoms. The number of oxazole rings is 1. The van der Waals surface area contributed by atoms with E-state index >= 15 is 0 Å². The predicted molar refractivity (Wildman–Crippen MR) is 42.3 cm³/mol. The van der Waals surface area contributed by atoms with Crippen LogP contribution in [0, 0.1) is 6.92 Å². The van der Waals surface area contributed by atoms with Gasteiger partial charge < -0.3 is 4.42 Å². The molecule has 0 saturated heterocycles. The van der Waals surface area contributed by atoms with Crippen molar-refractivity contribution >= 4 is 11.3 Å². The van der Waals surface area contributed by atoms with E-state index in [0.717, 1.165) is 10.7 Å². The largest absolute Gasteiger partial charge is 0.443 e. The molecule has 0 radical (unpaired) electrons. The van der Waals surface area contributed by atoms with Crippen LogP contribution in [0.1, 0.15) is 5.01 Å². The highest BCUT2D eigenvalue weighted by atomic mass is 32.1. The maximum atomic E-state index is 5.07. The topological polar surface area (TPSA) is 38.9 Å². The summed E-state index contributed by atoms with van der Waals surface area (Å²) in [5, 5.41) is 2.96. The summed E-state index contributed by atoms with van der Waals surface area (Å²) in [6, 6.07) is 0. The Morgan fingerprint density at radius 1 is 1.55 bits per heavy atom. The van der Waals surface area contributed by atoms with E-state index in [-0.39, 0.29) is 0 Å². The van der Waals surface area contributed by atoms with E-state index < -0.39 is 0 Å². The van der Waals surface area contributed by atoms with Crippen molar-refractivity contribution in [2.24, 2.45) is 0 Å². The van der Waals surface area contributed by atoms with Gasteiger partial charge in [-0.25, -0.2) is 9.97 Å². The molecule has 0 amide bonds. The quantitative estimate of drug-likeness (QED) is 0.651. The van der Waals surface area contributed by atoms with Crippen molar-refractivity contribution in [3.05, 3.63) is 22.8 Å². The van der Waals surface area contributed by atoms with Crippen molar-refractivity contribution in [1.29, 1.82) is 0 Å². The van der Waals surface area contributed by atoms with Crippen LogP contribution in [0.25, 0.3) is 11.6 Å². The number of hydrogen-bond donors (Lipinski definition) is 0. The van der Waals surface area contributed by atoms with Gasteiger partial charge in [-0.1, -0.05) is 0 Å². The highest BCUT2D eigenvalue weighted by Gasteiger charge is 2.04. The monoisotopic (exact) mass is 166 g/mol. The summed E-state index contributed by atoms with van der Waals surface area (Å²) in [4.78, 5) is 8.19. The molecule has 0 fully saturated rings. The zero-order valence-electron chi connectivity index (χ0n) is 5.94. The minimum atomic E-state index is 0.592. The first-order chi connectivity index (χ1) is 5.36. The molecule has 3 nitrogen and oxygen atoms in total. The van der Waals surface area contributed by atoms with Crippen molar-refractivity contribution in [3.8, 4) is 11.6 Å². The number of rotatable bonds is 1. The van der Waals surface area contributed by atoms with E-state index in [1.165, 1.54) is 0 Å². The molecule has 0 aliphatic carbocycles. The van der Waals surface area contributed by atoms with Gasteiger partial charge in [-0.2, -0.15) is 0 Å². The molecule has 0 atom stereocenters. The Hall–Kier alpha value is -1.16. The third-order valence-corrected chi connectivity index (χ3v) is 2.04. The molecule has 0 aliphatic heterocycles. The Morgan fingerprint density at radius 3 is 3.00 bits per heavy atom. The smallest absolute Gasteiger partial charge is 0.245 e. The Morgan fingerprint density at radius 2 is 2.45 bits per heavy atom. The van der Waals surface area contributed by atoms with Gasteiger partial charge in [-0.15, -0.1) is 11.3 Å². The SMILES string of the molecule is Cc1nc(-c2ncco2)cs1. The normalized spacial score (nSPS) is 10.3. The minimum absolute atomic E-state index is 0.592. The first kappa shape index (κ1) is 6.54. The van der Waals surface area contributed by atoms with Gasteiger partial charge in [0.2, 0.25) is 5.89 Å². The van der Waals surface area contributed by atoms with E-state index in [9.17, 15) is 0 Å². The molecule has 2 rings (SSSR count). The summed E-state index contributed by atoms with van der Waals surface area (Å²) >= 11 is 1.59. The molecule has 0 saturated carbocycles. The van der Waals surface area contributed by atoms with E-state index in [1.807, 2.05) is 12.3 Å². The summed E-state index contributed by atoms with van der Waals surface area (Å²) in [6.07, 6.45) is 3.16. The van der Waals surface area contributed by atoms with Crippen LogP contribution >= 0.6 is 11.3 Å². The average Bonchev–Trinajstić information content (AvgIpc) is 2.55. The number of aryl methyl sites for hydroxylation is 1. The molecule has 0 N–H and O–H groups in total. The second-order valence-electron chi connectivity index (χ2n) is 2.09. The molecule has 0 unspecified atom stereocenters. The van der Waals surface area contributed by atoms with Gasteiger partial charge in [0.15, 0.2) is 0 Å². The van der Waals surface area contributed by atoms with Crippen LogP contribution in [0.15, 0.2) is 22.3 Å². The number of thiazole rings is 1. The predicted octanol–water partition coefficient (Wildman–Crippen LogP) is 2.11. The third-order valence-electron chi connectivity index (χ3n) is 1.27. The maximum Gasteiger partial charge on any atom is 0.245 e. The Labute approximate surface area is 67.7 Å². The summed E-state index contributed by atoms with van der Waals surface area (Å²) < 4.78 is 5.07. The molecule has 0 aliphatic rings. The summed E-state index contributed by atoms with van der Waals surface area (Å²) in [6.45, 7) is 1.96. The highest BCUT2D eigenvalue weighted by Crippen LogP contribution is 2.18. The van der Waals surface area contributed by atoms with E-state index in [2.05, 4.69) is 9.97 Å². The maximum absolute atomic E-state index is 5.07. The molecule has 2 aromatic heterocycles. The standard InChI is InChI=1S/C7H6N2OS/c1-5-9-6(4-11-5)7-8-2-3-10-7/h2-4H,1H3. The van der Waals surface area contributed by atoms with Crippen molar-refractivity contribution in [1.82, 2.24) is 9.97 Å². The molecule has 2 aromatic rings. The van der Waals surface area contributed by atoms with Gasteiger partial charge in [0.25, 0.3) is 0 Å². The van der Waals surface area contributed by atoms with Crippen molar-refractivity contribution < 1.29 is 4.42 Å². The minimum Gasteiger partial charge on any atom is -0.443 e. The second kappa shape index (κ2) is 2.47. The average molecular weight is 166 g/mol. The van der Waals surface area contributed by atoms with Crippen LogP contribution < -0.4 is 0 Å². The van der Waals surface area contributed by atoms with Crippen LogP contribution in [0.3, 0.4) is 0 Å². The van der Waals surface area contributed by atoms with Crippen molar-refractivity contribution in [2.75, 3.05) is 0 Å². The molecule has 0 bridgehead atoms. The van der Waals surface area contributed by atoms with Gasteiger partial charge in [0, 0.05) is 5.38 Å². The van der Waals surface area contributed by atoms with Crippen molar-refractivity contribution in [3.63, 3.8) is 0 Å². The van der Waals surface area contributed by atoms with Crippen LogP contribution in [-0.2, 0) is 0 Å². The molecule has 0 aromatic carbocycles. The van der Waals surface area contributed by atoms with Crippen LogP contribution in [0.5, 0.6) is 0 Å². The molecule has 56 valence electrons. The van der Waals surface area contributed by atoms with Gasteiger partial charge in [0.1, 0.15) is 12.0 Å². The molecular formula is C7H6N2OS. The first-order valence-electron chi connectivity index (χ1n) is 3.18. The Balaban J connectivity index is 2.45. The fourth-order valence-electron chi connectivity index (χ4n) is 0.812. The molecule has 0 spiro atoms. The fraction of sp³-hybridized carbons (Fsp3) is 0.143. The fourth-order valence-corrected chi connectivity index (χ4v) is 1.40. The van der Waals surface area contributed by atoms with Crippen molar-refractivity contribution in [2.45, 2.75) is 6.92 Å². The van der Waals surface area contributed by atoms with E-state index in [4.69, 9.17) is 4.42 Å². The van der Waals surface area contributed by atoms with E-state index in [0.29, 0.717) is 5.89 Å². The third kappa shape index (κ3) is 1.17. The Bertz CT molecular complexity index is 339. The lowest BCUT2D eigenvalue weighted by Gasteiger charge is -1.83. The lowest BCUT2D eigenvalue weighted by Crippen LogP contribution is -1.75. The van der Waals surface area contributed by atoms with Gasteiger partial charge in [0.05, 0.1) is 11.2 Å². The van der Waals surface area contributed by atoms with E-state index in [1.54, 1.807) is 23.8 Å². The summed E-state index contributed by atoms with van der Waals surface area (Å²) in [5.41, 5.74) is 0.817. The van der Waals surface area contributed by atoms with Gasteiger partial charge >= 0.3 is 0 Å². The highest BCUT2D eigenvalue weighted by molar-refractivity contribution is 7.09. The molecule has 11 heavy (non-hydrogen) atoms. The summed E-state index contributed by atoms with van der Waals surface area (Å²) in [7, 11) is 0. The number of nitrogens with zero attached hydrogens (tertiary/aromatic N) is 2. The number of hydrogen-bond acceptors (Lipinski definition) is 4. The first-order valence-corrected chi connectivity index (χ1v) is 4.06. The van der Waals surface area contributed by atoms with Gasteiger partial charge in [-0.3, -0.25) is 0 Å². The van der Waals surface area contributed by atoms with Crippen LogP contribution in [0.4, 0.5) is 0 Å². The molecular weight excluding hydrogens is 160 g/mol. The Kier molecular flexibility index (Phi) is 1.47. The number of aromatic nitrogens is 2. The molecule has 2 heterocycles.